The van der Waals surface area contributed by atoms with E-state index >= 15 is 0 Å². The number of hydrogen-bond acceptors (Lipinski definition) is 3. The molecule has 0 saturated heterocycles. The number of carbonyl (C=O) groups excluding carboxylic acids is 1. The number of nitrogens with one attached hydrogen (secondary N) is 1. The van der Waals surface area contributed by atoms with Crippen LogP contribution >= 0.6 is 11.8 Å². The second-order valence-electron chi connectivity index (χ2n) is 4.45. The Hall–Kier alpha value is -2.02. The molecule has 0 aliphatic rings. The van der Waals surface area contributed by atoms with Gasteiger partial charge >= 0.3 is 5.51 Å². The fraction of sp³-hybridized carbons (Fsp3) is 0.200. The van der Waals surface area contributed by atoms with Crippen LogP contribution in [0.1, 0.15) is 12.0 Å². The summed E-state index contributed by atoms with van der Waals surface area (Å²) in [6.45, 7) is 0. The number of benzene rings is 1. The Kier molecular flexibility index (Phi) is 5.43. The Morgan fingerprint density at radius 3 is 2.64 bits per heavy atom. The molecule has 7 heteroatoms. The van der Waals surface area contributed by atoms with Crippen LogP contribution in [0.5, 0.6) is 0 Å². The van der Waals surface area contributed by atoms with Gasteiger partial charge in [0.25, 0.3) is 0 Å². The van der Waals surface area contributed by atoms with E-state index < -0.39 is 5.51 Å². The van der Waals surface area contributed by atoms with Crippen molar-refractivity contribution >= 4 is 23.4 Å². The van der Waals surface area contributed by atoms with Crippen LogP contribution < -0.4 is 5.32 Å². The van der Waals surface area contributed by atoms with Gasteiger partial charge in [0, 0.05) is 23.7 Å². The monoisotopic (exact) mass is 326 g/mol. The summed E-state index contributed by atoms with van der Waals surface area (Å²) < 4.78 is 37.4. The Morgan fingerprint density at radius 1 is 1.18 bits per heavy atom. The molecule has 0 unspecified atom stereocenters. The molecular weight excluding hydrogens is 313 g/mol. The van der Waals surface area contributed by atoms with Gasteiger partial charge in [0.2, 0.25) is 5.91 Å². The highest BCUT2D eigenvalue weighted by Crippen LogP contribution is 2.40. The van der Waals surface area contributed by atoms with E-state index in [1.165, 1.54) is 18.2 Å². The Morgan fingerprint density at radius 2 is 1.95 bits per heavy atom. The lowest BCUT2D eigenvalue weighted by atomic mass is 10.1. The zero-order valence-corrected chi connectivity index (χ0v) is 12.2. The molecule has 2 rings (SSSR count). The summed E-state index contributed by atoms with van der Waals surface area (Å²) in [5, 5.41) is 2.52. The van der Waals surface area contributed by atoms with Crippen molar-refractivity contribution in [3.8, 4) is 0 Å². The highest BCUT2D eigenvalue weighted by Gasteiger charge is 2.30. The standard InChI is InChI=1S/C15H13F3N2OS/c16-15(17,18)22-13-6-2-1-5-12(13)20-14(21)8-7-11-4-3-9-19-10-11/h1-6,9-10H,7-8H2,(H,20,21). The first-order valence-corrected chi connectivity index (χ1v) is 7.29. The average Bonchev–Trinajstić information content (AvgIpc) is 2.47. The van der Waals surface area contributed by atoms with E-state index in [2.05, 4.69) is 10.3 Å². The molecule has 0 aliphatic carbocycles. The second kappa shape index (κ2) is 7.31. The summed E-state index contributed by atoms with van der Waals surface area (Å²) in [6, 6.07) is 9.47. The molecule has 1 N–H and O–H groups in total. The van der Waals surface area contributed by atoms with Gasteiger partial charge in [-0.15, -0.1) is 0 Å². The van der Waals surface area contributed by atoms with E-state index in [0.29, 0.717) is 6.42 Å². The average molecular weight is 326 g/mol. The minimum atomic E-state index is -4.39. The Balaban J connectivity index is 1.97. The minimum Gasteiger partial charge on any atom is -0.325 e. The number of nitrogens with zero attached hydrogens (tertiary/aromatic N) is 1. The molecule has 0 bridgehead atoms. The number of rotatable bonds is 5. The van der Waals surface area contributed by atoms with Crippen LogP contribution in [-0.4, -0.2) is 16.4 Å². The quantitative estimate of drug-likeness (QED) is 0.835. The lowest BCUT2D eigenvalue weighted by molar-refractivity contribution is -0.116. The summed E-state index contributed by atoms with van der Waals surface area (Å²) in [5.41, 5.74) is -3.33. The maximum Gasteiger partial charge on any atom is 0.446 e. The molecule has 0 spiro atoms. The molecule has 1 heterocycles. The molecular formula is C15H13F3N2OS. The van der Waals surface area contributed by atoms with Crippen molar-refractivity contribution in [2.75, 3.05) is 5.32 Å². The molecule has 1 aromatic carbocycles. The molecule has 1 amide bonds. The Labute approximate surface area is 129 Å². The van der Waals surface area contributed by atoms with Gasteiger partial charge in [-0.3, -0.25) is 9.78 Å². The first-order chi connectivity index (χ1) is 10.4. The topological polar surface area (TPSA) is 42.0 Å². The third kappa shape index (κ3) is 5.40. The number of anilines is 1. The van der Waals surface area contributed by atoms with Crippen LogP contribution in [0.4, 0.5) is 18.9 Å². The fourth-order valence-electron chi connectivity index (χ4n) is 1.80. The highest BCUT2D eigenvalue weighted by molar-refractivity contribution is 8.00. The van der Waals surface area contributed by atoms with Crippen molar-refractivity contribution in [3.63, 3.8) is 0 Å². The number of aromatic nitrogens is 1. The summed E-state index contributed by atoms with van der Waals surface area (Å²) in [6.07, 6.45) is 3.94. The number of hydrogen-bond donors (Lipinski definition) is 1. The van der Waals surface area contributed by atoms with Crippen molar-refractivity contribution in [2.45, 2.75) is 23.2 Å². The summed E-state index contributed by atoms with van der Waals surface area (Å²) in [5.74, 6) is -0.334. The molecule has 3 nitrogen and oxygen atoms in total. The molecule has 0 atom stereocenters. The summed E-state index contributed by atoms with van der Waals surface area (Å²) in [4.78, 5) is 15.8. The number of aryl methyl sites for hydroxylation is 1. The van der Waals surface area contributed by atoms with Gasteiger partial charge in [-0.05, 0) is 41.9 Å². The van der Waals surface area contributed by atoms with Gasteiger partial charge in [-0.25, -0.2) is 0 Å². The molecule has 22 heavy (non-hydrogen) atoms. The van der Waals surface area contributed by atoms with E-state index in [0.717, 1.165) is 5.56 Å². The maximum absolute atomic E-state index is 12.5. The predicted molar refractivity (Wildman–Crippen MR) is 79.5 cm³/mol. The van der Waals surface area contributed by atoms with Crippen LogP contribution in [0.3, 0.4) is 0 Å². The van der Waals surface area contributed by atoms with Crippen molar-refractivity contribution in [2.24, 2.45) is 0 Å². The van der Waals surface area contributed by atoms with Gasteiger partial charge < -0.3 is 5.32 Å². The first-order valence-electron chi connectivity index (χ1n) is 6.47. The Bertz CT molecular complexity index is 632. The van der Waals surface area contributed by atoms with Crippen LogP contribution in [-0.2, 0) is 11.2 Å². The van der Waals surface area contributed by atoms with E-state index in [1.54, 1.807) is 24.5 Å². The molecule has 116 valence electrons. The highest BCUT2D eigenvalue weighted by atomic mass is 32.2. The van der Waals surface area contributed by atoms with Gasteiger partial charge in [-0.2, -0.15) is 13.2 Å². The van der Waals surface area contributed by atoms with Crippen LogP contribution in [0.15, 0.2) is 53.7 Å². The first kappa shape index (κ1) is 16.4. The lowest BCUT2D eigenvalue weighted by Crippen LogP contribution is -2.13. The smallest absolute Gasteiger partial charge is 0.325 e. The number of halogens is 3. The maximum atomic E-state index is 12.5. The zero-order valence-electron chi connectivity index (χ0n) is 11.4. The van der Waals surface area contributed by atoms with Gasteiger partial charge in [0.15, 0.2) is 0 Å². The van der Waals surface area contributed by atoms with Crippen LogP contribution in [0.2, 0.25) is 0 Å². The van der Waals surface area contributed by atoms with Crippen LogP contribution in [0.25, 0.3) is 0 Å². The largest absolute Gasteiger partial charge is 0.446 e. The summed E-state index contributed by atoms with van der Waals surface area (Å²) >= 11 is -0.241. The number of pyridine rings is 1. The van der Waals surface area contributed by atoms with Gasteiger partial charge in [0.05, 0.1) is 5.69 Å². The number of amides is 1. The molecule has 0 aliphatic heterocycles. The van der Waals surface area contributed by atoms with Crippen molar-refractivity contribution in [1.29, 1.82) is 0 Å². The molecule has 0 radical (unpaired) electrons. The molecule has 0 saturated carbocycles. The predicted octanol–water partition coefficient (Wildman–Crippen LogP) is 4.26. The number of carbonyl (C=O) groups is 1. The van der Waals surface area contributed by atoms with Crippen LogP contribution in [0, 0.1) is 0 Å². The van der Waals surface area contributed by atoms with E-state index in [1.807, 2.05) is 6.07 Å². The minimum absolute atomic E-state index is 0.0234. The number of alkyl halides is 3. The molecule has 2 aromatic rings. The third-order valence-electron chi connectivity index (χ3n) is 2.75. The number of para-hydroxylation sites is 1. The van der Waals surface area contributed by atoms with E-state index in [9.17, 15) is 18.0 Å². The normalized spacial score (nSPS) is 11.2. The van der Waals surface area contributed by atoms with Gasteiger partial charge in [-0.1, -0.05) is 18.2 Å². The zero-order chi connectivity index (χ0) is 16.0. The fourth-order valence-corrected chi connectivity index (χ4v) is 2.43. The van der Waals surface area contributed by atoms with E-state index in [4.69, 9.17) is 0 Å². The third-order valence-corrected chi connectivity index (χ3v) is 3.56. The second-order valence-corrected chi connectivity index (χ2v) is 5.56. The van der Waals surface area contributed by atoms with Crippen molar-refractivity contribution in [1.82, 2.24) is 4.98 Å². The van der Waals surface area contributed by atoms with Crippen molar-refractivity contribution < 1.29 is 18.0 Å². The SMILES string of the molecule is O=C(CCc1cccnc1)Nc1ccccc1SC(F)(F)F. The van der Waals surface area contributed by atoms with Crippen molar-refractivity contribution in [3.05, 3.63) is 54.4 Å². The van der Waals surface area contributed by atoms with Gasteiger partial charge in [0.1, 0.15) is 0 Å². The molecule has 0 fully saturated rings. The summed E-state index contributed by atoms with van der Waals surface area (Å²) in [7, 11) is 0. The lowest BCUT2D eigenvalue weighted by Gasteiger charge is -2.12. The van der Waals surface area contributed by atoms with E-state index in [-0.39, 0.29) is 34.7 Å². The number of thioether (sulfide) groups is 1. The molecule has 1 aromatic heterocycles.